The summed E-state index contributed by atoms with van der Waals surface area (Å²) in [5.74, 6) is 1.64. The largest absolute Gasteiger partial charge is 0.447 e. The maximum atomic E-state index is 12.2. The van der Waals surface area contributed by atoms with Crippen LogP contribution >= 0.6 is 0 Å². The van der Waals surface area contributed by atoms with Crippen LogP contribution in [0, 0.1) is 16.0 Å². The number of amides is 1. The van der Waals surface area contributed by atoms with Gasteiger partial charge in [-0.3, -0.25) is 15.0 Å². The second kappa shape index (κ2) is 9.69. The molecule has 34 heavy (non-hydrogen) atoms. The number of hydrogen-bond donors (Lipinski definition) is 2. The normalized spacial score (nSPS) is 16.3. The molecule has 11 nitrogen and oxygen atoms in total. The summed E-state index contributed by atoms with van der Waals surface area (Å²) in [5.41, 5.74) is 1.73. The maximum Gasteiger partial charge on any atom is 0.415 e. The molecule has 1 aromatic carbocycles. The van der Waals surface area contributed by atoms with Crippen molar-refractivity contribution in [2.24, 2.45) is 5.92 Å². The standard InChI is InChI=1S/C23H25N7O4/c1-14(2)19-13-34-23(31)29(19)21-10-11-24-22(28-21)26-15(3)16-4-6-17(7-5-16)27-20-9-8-18(12-25-20)30(32)33/h4-12,14-15,19H,13H2,1-3H3,(H,25,27)(H,24,26,28)/t15-,19?/m0/s1. The number of anilines is 4. The third kappa shape index (κ3) is 5.03. The zero-order valence-corrected chi connectivity index (χ0v) is 19.0. The number of pyridine rings is 1. The van der Waals surface area contributed by atoms with Crippen LogP contribution in [0.25, 0.3) is 0 Å². The first-order chi connectivity index (χ1) is 16.3. The summed E-state index contributed by atoms with van der Waals surface area (Å²) in [6, 6.07) is 12.2. The molecule has 176 valence electrons. The molecule has 1 amide bonds. The van der Waals surface area contributed by atoms with E-state index >= 15 is 0 Å². The quantitative estimate of drug-likeness (QED) is 0.360. The number of nitrogens with zero attached hydrogens (tertiary/aromatic N) is 5. The van der Waals surface area contributed by atoms with Gasteiger partial charge >= 0.3 is 6.09 Å². The van der Waals surface area contributed by atoms with E-state index in [0.717, 1.165) is 11.3 Å². The summed E-state index contributed by atoms with van der Waals surface area (Å²) in [7, 11) is 0. The minimum Gasteiger partial charge on any atom is -0.447 e. The lowest BCUT2D eigenvalue weighted by molar-refractivity contribution is -0.385. The molecule has 2 aromatic heterocycles. The molecular formula is C23H25N7O4. The second-order valence-electron chi connectivity index (χ2n) is 8.27. The monoisotopic (exact) mass is 463 g/mol. The second-order valence-corrected chi connectivity index (χ2v) is 8.27. The number of aromatic nitrogens is 3. The van der Waals surface area contributed by atoms with Crippen LogP contribution in [0.3, 0.4) is 0 Å². The first-order valence-corrected chi connectivity index (χ1v) is 10.8. The van der Waals surface area contributed by atoms with Crippen molar-refractivity contribution in [3.05, 3.63) is 70.5 Å². The van der Waals surface area contributed by atoms with Gasteiger partial charge in [0.15, 0.2) is 0 Å². The smallest absolute Gasteiger partial charge is 0.415 e. The number of ether oxygens (including phenoxy) is 1. The Morgan fingerprint density at radius 2 is 1.88 bits per heavy atom. The average Bonchev–Trinajstić information content (AvgIpc) is 3.22. The van der Waals surface area contributed by atoms with Gasteiger partial charge in [0.1, 0.15) is 24.4 Å². The molecule has 0 spiro atoms. The predicted octanol–water partition coefficient (Wildman–Crippen LogP) is 4.68. The first-order valence-electron chi connectivity index (χ1n) is 10.8. The summed E-state index contributed by atoms with van der Waals surface area (Å²) in [6.07, 6.45) is 2.43. The predicted molar refractivity (Wildman–Crippen MR) is 127 cm³/mol. The summed E-state index contributed by atoms with van der Waals surface area (Å²) < 4.78 is 5.22. The van der Waals surface area contributed by atoms with E-state index in [4.69, 9.17) is 4.74 Å². The number of cyclic esters (lactones) is 1. The molecule has 4 rings (SSSR count). The molecule has 2 N–H and O–H groups in total. The van der Waals surface area contributed by atoms with Gasteiger partial charge in [-0.2, -0.15) is 4.98 Å². The van der Waals surface area contributed by atoms with E-state index in [2.05, 4.69) is 25.6 Å². The van der Waals surface area contributed by atoms with Crippen molar-refractivity contribution in [3.63, 3.8) is 0 Å². The lowest BCUT2D eigenvalue weighted by Crippen LogP contribution is -2.37. The highest BCUT2D eigenvalue weighted by molar-refractivity contribution is 5.89. The van der Waals surface area contributed by atoms with Crippen molar-refractivity contribution in [1.29, 1.82) is 0 Å². The van der Waals surface area contributed by atoms with Gasteiger partial charge in [0.2, 0.25) is 5.95 Å². The van der Waals surface area contributed by atoms with Gasteiger partial charge in [-0.25, -0.2) is 14.8 Å². The van der Waals surface area contributed by atoms with Gasteiger partial charge in [0.25, 0.3) is 5.69 Å². The number of benzene rings is 1. The molecule has 1 saturated heterocycles. The summed E-state index contributed by atoms with van der Waals surface area (Å²) in [4.78, 5) is 37.0. The van der Waals surface area contributed by atoms with E-state index in [9.17, 15) is 14.9 Å². The topological polar surface area (TPSA) is 135 Å². The molecule has 2 atom stereocenters. The number of rotatable bonds is 8. The van der Waals surface area contributed by atoms with Crippen LogP contribution in [0.2, 0.25) is 0 Å². The molecule has 1 unspecified atom stereocenters. The molecule has 3 heterocycles. The van der Waals surface area contributed by atoms with Gasteiger partial charge in [0.05, 0.1) is 17.0 Å². The molecule has 0 bridgehead atoms. The van der Waals surface area contributed by atoms with Crippen molar-refractivity contribution in [3.8, 4) is 0 Å². The average molecular weight is 463 g/mol. The van der Waals surface area contributed by atoms with Crippen LogP contribution in [0.4, 0.5) is 33.8 Å². The minimum absolute atomic E-state index is 0.0616. The molecule has 1 aliphatic heterocycles. The van der Waals surface area contributed by atoms with Gasteiger partial charge < -0.3 is 15.4 Å². The van der Waals surface area contributed by atoms with Crippen LogP contribution in [-0.4, -0.2) is 38.6 Å². The summed E-state index contributed by atoms with van der Waals surface area (Å²) in [5, 5.41) is 17.1. The van der Waals surface area contributed by atoms with Gasteiger partial charge in [-0.1, -0.05) is 26.0 Å². The highest BCUT2D eigenvalue weighted by Gasteiger charge is 2.37. The van der Waals surface area contributed by atoms with Crippen molar-refractivity contribution in [2.75, 3.05) is 22.1 Å². The highest BCUT2D eigenvalue weighted by Crippen LogP contribution is 2.27. The lowest BCUT2D eigenvalue weighted by Gasteiger charge is -2.23. The van der Waals surface area contributed by atoms with E-state index < -0.39 is 11.0 Å². The summed E-state index contributed by atoms with van der Waals surface area (Å²) in [6.45, 7) is 6.41. The van der Waals surface area contributed by atoms with Crippen molar-refractivity contribution < 1.29 is 14.5 Å². The fraction of sp³-hybridized carbons (Fsp3) is 0.304. The number of carbonyl (C=O) groups excluding carboxylic acids is 1. The van der Waals surface area contributed by atoms with Crippen LogP contribution in [0.1, 0.15) is 32.4 Å². The van der Waals surface area contributed by atoms with E-state index in [1.54, 1.807) is 23.2 Å². The Balaban J connectivity index is 1.42. The van der Waals surface area contributed by atoms with E-state index in [0.29, 0.717) is 24.2 Å². The first kappa shape index (κ1) is 22.9. The van der Waals surface area contributed by atoms with Crippen LogP contribution in [-0.2, 0) is 4.74 Å². The van der Waals surface area contributed by atoms with Crippen molar-refractivity contribution >= 4 is 35.1 Å². The molecular weight excluding hydrogens is 438 g/mol. The number of carbonyl (C=O) groups is 1. The zero-order chi connectivity index (χ0) is 24.2. The molecule has 3 aromatic rings. The zero-order valence-electron chi connectivity index (χ0n) is 19.0. The fourth-order valence-electron chi connectivity index (χ4n) is 3.59. The molecule has 0 aliphatic carbocycles. The molecule has 0 radical (unpaired) electrons. The molecule has 0 saturated carbocycles. The summed E-state index contributed by atoms with van der Waals surface area (Å²) >= 11 is 0. The van der Waals surface area contributed by atoms with Crippen molar-refractivity contribution in [1.82, 2.24) is 15.0 Å². The van der Waals surface area contributed by atoms with E-state index in [-0.39, 0.29) is 23.7 Å². The van der Waals surface area contributed by atoms with Crippen LogP contribution in [0.15, 0.2) is 54.9 Å². The molecule has 1 fully saturated rings. The Morgan fingerprint density at radius 1 is 1.12 bits per heavy atom. The number of nitro groups is 1. The Kier molecular flexibility index (Phi) is 6.53. The fourth-order valence-corrected chi connectivity index (χ4v) is 3.59. The third-order valence-electron chi connectivity index (χ3n) is 5.55. The molecule has 11 heteroatoms. The number of nitrogens with one attached hydrogen (secondary N) is 2. The number of hydrogen-bond acceptors (Lipinski definition) is 9. The Morgan fingerprint density at radius 3 is 2.53 bits per heavy atom. The Hall–Kier alpha value is -4.28. The van der Waals surface area contributed by atoms with Crippen LogP contribution < -0.4 is 15.5 Å². The maximum absolute atomic E-state index is 12.2. The van der Waals surface area contributed by atoms with Crippen LogP contribution in [0.5, 0.6) is 0 Å². The SMILES string of the molecule is CC(C)C1COC(=O)N1c1ccnc(N[C@@H](C)c2ccc(Nc3ccc([N+](=O)[O-])cn3)cc2)n1. The Labute approximate surface area is 196 Å². The van der Waals surface area contributed by atoms with Gasteiger partial charge in [0, 0.05) is 18.0 Å². The third-order valence-corrected chi connectivity index (χ3v) is 5.55. The van der Waals surface area contributed by atoms with Gasteiger partial charge in [-0.05, 0) is 42.7 Å². The highest BCUT2D eigenvalue weighted by atomic mass is 16.6. The lowest BCUT2D eigenvalue weighted by atomic mass is 10.0. The van der Waals surface area contributed by atoms with Gasteiger partial charge in [-0.15, -0.1) is 0 Å². The molecule has 1 aliphatic rings. The van der Waals surface area contributed by atoms with Crippen molar-refractivity contribution in [2.45, 2.75) is 32.9 Å². The minimum atomic E-state index is -0.487. The van der Waals surface area contributed by atoms with E-state index in [1.165, 1.54) is 12.3 Å². The Bertz CT molecular complexity index is 1170. The van der Waals surface area contributed by atoms with E-state index in [1.807, 2.05) is 45.0 Å².